The molecule has 0 unspecified atom stereocenters. The highest BCUT2D eigenvalue weighted by molar-refractivity contribution is 7.85. The van der Waals surface area contributed by atoms with Gasteiger partial charge in [0.25, 0.3) is 0 Å². The number of aryl methyl sites for hydroxylation is 2. The Labute approximate surface area is 249 Å². The summed E-state index contributed by atoms with van der Waals surface area (Å²) in [6.45, 7) is 3.28. The van der Waals surface area contributed by atoms with Gasteiger partial charge in [0.2, 0.25) is 11.0 Å². The molecule has 1 heterocycles. The molecule has 1 aromatic heterocycles. The van der Waals surface area contributed by atoms with E-state index in [1.807, 2.05) is 16.7 Å². The molecule has 0 saturated carbocycles. The van der Waals surface area contributed by atoms with Crippen molar-refractivity contribution in [2.45, 2.75) is 26.5 Å². The van der Waals surface area contributed by atoms with Crippen molar-refractivity contribution >= 4 is 43.9 Å². The van der Waals surface area contributed by atoms with Gasteiger partial charge in [-0.1, -0.05) is 24.3 Å². The molecule has 4 rings (SSSR count). The minimum atomic E-state index is -4.38. The largest absolute Gasteiger partial charge is 0.748 e. The number of esters is 1. The van der Waals surface area contributed by atoms with E-state index in [9.17, 15) is 27.7 Å². The lowest BCUT2D eigenvalue weighted by molar-refractivity contribution is -0.645. The first-order valence-corrected chi connectivity index (χ1v) is 15.2. The van der Waals surface area contributed by atoms with Gasteiger partial charge in [-0.3, -0.25) is 0 Å². The van der Waals surface area contributed by atoms with Crippen molar-refractivity contribution in [1.82, 2.24) is 0 Å². The molecule has 0 spiro atoms. The molecule has 228 valence electrons. The van der Waals surface area contributed by atoms with Gasteiger partial charge in [0.15, 0.2) is 6.54 Å². The molecule has 3 aromatic carbocycles. The summed E-state index contributed by atoms with van der Waals surface area (Å²) in [5.41, 5.74) is 2.48. The number of methoxy groups -OCH3 is 1. The number of rotatable bonds is 15. The minimum absolute atomic E-state index is 0.0167. The van der Waals surface area contributed by atoms with Crippen molar-refractivity contribution in [1.29, 1.82) is 0 Å². The van der Waals surface area contributed by atoms with Gasteiger partial charge in [-0.15, -0.1) is 0 Å². The van der Waals surface area contributed by atoms with E-state index in [4.69, 9.17) is 18.9 Å². The van der Waals surface area contributed by atoms with Crippen molar-refractivity contribution in [2.24, 2.45) is 0 Å². The highest BCUT2D eigenvalue weighted by atomic mass is 32.2. The second-order valence-corrected chi connectivity index (χ2v) is 11.3. The third-order valence-corrected chi connectivity index (χ3v) is 7.55. The fourth-order valence-corrected chi connectivity index (χ4v) is 5.37. The lowest BCUT2D eigenvalue weighted by Crippen LogP contribution is -2.37. The first-order valence-electron chi connectivity index (χ1n) is 13.6. The molecule has 0 saturated heterocycles. The van der Waals surface area contributed by atoms with Crippen molar-refractivity contribution in [2.75, 3.05) is 39.3 Å². The molecule has 0 aliphatic rings. The van der Waals surface area contributed by atoms with E-state index in [1.54, 1.807) is 50.4 Å². The van der Waals surface area contributed by atoms with Crippen LogP contribution in [0.25, 0.3) is 21.8 Å². The van der Waals surface area contributed by atoms with Crippen LogP contribution in [0.4, 0.5) is 0 Å². The molecule has 43 heavy (non-hydrogen) atoms. The SMILES string of the molecule is COCCOCCOCc1cc(C(=O)O)cc(C)c1OC(=O)c1c2ccccc2[n+](CCCS(=O)(=O)[O-])c2ccccc12. The fraction of sp³-hybridized carbons (Fsp3) is 0.323. The number of aromatic nitrogens is 1. The Morgan fingerprint density at radius 2 is 1.51 bits per heavy atom. The van der Waals surface area contributed by atoms with Gasteiger partial charge < -0.3 is 28.6 Å². The van der Waals surface area contributed by atoms with E-state index in [0.29, 0.717) is 58.3 Å². The number of pyridine rings is 1. The zero-order valence-corrected chi connectivity index (χ0v) is 24.7. The molecular formula is C31H33NO10S. The molecule has 12 heteroatoms. The quantitative estimate of drug-likeness (QED) is 0.0527. The predicted molar refractivity (Wildman–Crippen MR) is 156 cm³/mol. The molecule has 0 aliphatic carbocycles. The van der Waals surface area contributed by atoms with E-state index in [0.717, 1.165) is 0 Å². The molecule has 11 nitrogen and oxygen atoms in total. The zero-order chi connectivity index (χ0) is 31.0. The van der Waals surface area contributed by atoms with Crippen molar-refractivity contribution in [3.63, 3.8) is 0 Å². The highest BCUT2D eigenvalue weighted by Gasteiger charge is 2.26. The van der Waals surface area contributed by atoms with Crippen molar-refractivity contribution in [3.05, 3.63) is 82.9 Å². The molecule has 4 aromatic rings. The van der Waals surface area contributed by atoms with Crippen LogP contribution in [-0.2, 0) is 37.5 Å². The summed E-state index contributed by atoms with van der Waals surface area (Å²) in [4.78, 5) is 25.7. The Kier molecular flexibility index (Phi) is 10.8. The monoisotopic (exact) mass is 611 g/mol. The zero-order valence-electron chi connectivity index (χ0n) is 23.9. The first kappa shape index (κ1) is 32.0. The van der Waals surface area contributed by atoms with Crippen LogP contribution in [0.5, 0.6) is 5.75 Å². The number of fused-ring (bicyclic) bond motifs is 2. The number of ether oxygens (including phenoxy) is 4. The third kappa shape index (κ3) is 8.12. The second-order valence-electron chi connectivity index (χ2n) is 9.81. The Balaban J connectivity index is 1.71. The van der Waals surface area contributed by atoms with Crippen LogP contribution in [0.3, 0.4) is 0 Å². The highest BCUT2D eigenvalue weighted by Crippen LogP contribution is 2.31. The number of carbonyl (C=O) groups is 2. The van der Waals surface area contributed by atoms with E-state index in [1.165, 1.54) is 12.1 Å². The molecular weight excluding hydrogens is 578 g/mol. The van der Waals surface area contributed by atoms with Crippen LogP contribution in [0.15, 0.2) is 60.7 Å². The number of benzene rings is 3. The summed E-state index contributed by atoms with van der Waals surface area (Å²) in [6, 6.07) is 17.2. The number of nitrogens with zero attached hydrogens (tertiary/aromatic N) is 1. The molecule has 1 N–H and O–H groups in total. The van der Waals surface area contributed by atoms with Crippen molar-refractivity contribution in [3.8, 4) is 5.75 Å². The summed E-state index contributed by atoms with van der Waals surface area (Å²) in [6.07, 6.45) is 0.101. The number of hydrogen-bond acceptors (Lipinski definition) is 9. The predicted octanol–water partition coefficient (Wildman–Crippen LogP) is 3.62. The number of carboxylic acids is 1. The Bertz CT molecular complexity index is 1680. The maximum absolute atomic E-state index is 14.0. The van der Waals surface area contributed by atoms with Crippen LogP contribution < -0.4 is 9.30 Å². The summed E-state index contributed by atoms with van der Waals surface area (Å²) in [5, 5.41) is 10.8. The lowest BCUT2D eigenvalue weighted by atomic mass is 10.0. The topological polar surface area (TPSA) is 152 Å². The summed E-state index contributed by atoms with van der Waals surface area (Å²) < 4.78 is 57.7. The minimum Gasteiger partial charge on any atom is -0.748 e. The van der Waals surface area contributed by atoms with Gasteiger partial charge in [0.05, 0.1) is 65.1 Å². The number of para-hydroxylation sites is 2. The lowest BCUT2D eigenvalue weighted by Gasteiger charge is -2.16. The van der Waals surface area contributed by atoms with Crippen molar-refractivity contribution < 1.29 is 51.2 Å². The Hall–Kier alpha value is -3.94. The molecule has 0 amide bonds. The number of carbonyl (C=O) groups excluding carboxylic acids is 1. The van der Waals surface area contributed by atoms with Gasteiger partial charge >= 0.3 is 11.9 Å². The number of hydrogen-bond donors (Lipinski definition) is 1. The fourth-order valence-electron chi connectivity index (χ4n) is 4.89. The molecule has 0 aliphatic heterocycles. The Morgan fingerprint density at radius 3 is 2.12 bits per heavy atom. The molecule has 0 fully saturated rings. The van der Waals surface area contributed by atoms with Crippen LogP contribution in [-0.4, -0.2) is 69.3 Å². The van der Waals surface area contributed by atoms with E-state index in [2.05, 4.69) is 0 Å². The van der Waals surface area contributed by atoms with Crippen LogP contribution in [0, 0.1) is 6.92 Å². The molecule has 0 bridgehead atoms. The summed E-state index contributed by atoms with van der Waals surface area (Å²) in [5.74, 6) is -2.10. The van der Waals surface area contributed by atoms with Crippen LogP contribution in [0.2, 0.25) is 0 Å². The maximum Gasteiger partial charge on any atom is 0.345 e. The first-order chi connectivity index (χ1) is 20.6. The summed E-state index contributed by atoms with van der Waals surface area (Å²) >= 11 is 0. The number of carboxylic acid groups (broad SMARTS) is 1. The standard InChI is InChI=1S/C31H33NO10S/c1-21-18-22(30(33)34)19-23(20-41-16-15-40-14-13-39-2)29(21)42-31(35)28-24-8-3-5-10-26(24)32(12-7-17-43(36,37)38)27-11-6-4-9-25(27)28/h3-6,8-11,18-19H,7,12-17,20H2,1-2H3,(H-,33,34,36,37,38). The molecule has 0 atom stereocenters. The average molecular weight is 612 g/mol. The van der Waals surface area contributed by atoms with Gasteiger partial charge in [-0.25, -0.2) is 18.0 Å². The van der Waals surface area contributed by atoms with Gasteiger partial charge in [0, 0.05) is 37.0 Å². The molecule has 0 radical (unpaired) electrons. The normalized spacial score (nSPS) is 11.7. The van der Waals surface area contributed by atoms with Gasteiger partial charge in [-0.05, 0) is 36.8 Å². The average Bonchev–Trinajstić information content (AvgIpc) is 2.97. The van der Waals surface area contributed by atoms with Gasteiger partial charge in [0.1, 0.15) is 5.75 Å². The third-order valence-electron chi connectivity index (χ3n) is 6.76. The smallest absolute Gasteiger partial charge is 0.345 e. The second kappa shape index (κ2) is 14.5. The van der Waals surface area contributed by atoms with E-state index in [-0.39, 0.29) is 37.5 Å². The Morgan fingerprint density at radius 1 is 0.907 bits per heavy atom. The maximum atomic E-state index is 14.0. The van der Waals surface area contributed by atoms with E-state index >= 15 is 0 Å². The summed E-state index contributed by atoms with van der Waals surface area (Å²) in [7, 11) is -2.81. The van der Waals surface area contributed by atoms with E-state index < -0.39 is 27.8 Å². The van der Waals surface area contributed by atoms with Gasteiger partial charge in [-0.2, -0.15) is 4.57 Å². The number of aromatic carboxylic acids is 1. The van der Waals surface area contributed by atoms with Crippen LogP contribution >= 0.6 is 0 Å². The van der Waals surface area contributed by atoms with Crippen LogP contribution in [0.1, 0.15) is 38.3 Å².